The Kier molecular flexibility index (Phi) is 2.42. The fraction of sp³-hybridized carbons (Fsp3) is 0.778. The molecule has 0 unspecified atom stereocenters. The molecule has 2 rings (SSSR count). The number of tetrazole rings is 1. The smallest absolute Gasteiger partial charge is 0.331 e. The molecule has 1 heterocycles. The summed E-state index contributed by atoms with van der Waals surface area (Å²) in [6.45, 7) is 1.74. The zero-order valence-corrected chi connectivity index (χ0v) is 8.68. The van der Waals surface area contributed by atoms with Crippen molar-refractivity contribution in [1.29, 1.82) is 0 Å². The van der Waals surface area contributed by atoms with Crippen LogP contribution >= 0.6 is 0 Å². The van der Waals surface area contributed by atoms with Crippen LogP contribution in [0, 0.1) is 6.92 Å². The van der Waals surface area contributed by atoms with Gasteiger partial charge in [0.15, 0.2) is 5.54 Å². The van der Waals surface area contributed by atoms with E-state index in [0.717, 1.165) is 19.3 Å². The monoisotopic (exact) mass is 210 g/mol. The van der Waals surface area contributed by atoms with Crippen LogP contribution in [-0.2, 0) is 10.3 Å². The first kappa shape index (κ1) is 10.1. The minimum absolute atomic E-state index is 0.569. The van der Waals surface area contributed by atoms with Gasteiger partial charge >= 0.3 is 5.97 Å². The van der Waals surface area contributed by atoms with Crippen LogP contribution in [0.15, 0.2) is 0 Å². The van der Waals surface area contributed by atoms with Gasteiger partial charge in [-0.3, -0.25) is 0 Å². The summed E-state index contributed by atoms with van der Waals surface area (Å²) in [5, 5.41) is 20.5. The normalized spacial score (nSPS) is 20.1. The Bertz CT molecular complexity index is 368. The summed E-state index contributed by atoms with van der Waals surface area (Å²) in [7, 11) is 0. The molecule has 6 heteroatoms. The summed E-state index contributed by atoms with van der Waals surface area (Å²) in [5.74, 6) is -0.253. The highest BCUT2D eigenvalue weighted by atomic mass is 16.4. The molecule has 0 spiro atoms. The summed E-state index contributed by atoms with van der Waals surface area (Å²) < 4.78 is 1.47. The van der Waals surface area contributed by atoms with Crippen molar-refractivity contribution in [1.82, 2.24) is 20.2 Å². The molecule has 1 aliphatic rings. The molecule has 0 saturated heterocycles. The van der Waals surface area contributed by atoms with Crippen molar-refractivity contribution in [3.63, 3.8) is 0 Å². The Morgan fingerprint density at radius 2 is 2.07 bits per heavy atom. The van der Waals surface area contributed by atoms with E-state index in [9.17, 15) is 9.90 Å². The average Bonchev–Trinajstić information content (AvgIpc) is 2.66. The van der Waals surface area contributed by atoms with Crippen molar-refractivity contribution in [3.05, 3.63) is 5.82 Å². The number of aliphatic carboxylic acids is 1. The molecule has 1 saturated carbocycles. The number of aryl methyl sites for hydroxylation is 1. The quantitative estimate of drug-likeness (QED) is 0.778. The number of carbonyl (C=O) groups is 1. The number of rotatable bonds is 2. The molecule has 0 amide bonds. The van der Waals surface area contributed by atoms with Gasteiger partial charge in [0.2, 0.25) is 0 Å². The maximum absolute atomic E-state index is 11.4. The van der Waals surface area contributed by atoms with E-state index >= 15 is 0 Å². The van der Waals surface area contributed by atoms with Gasteiger partial charge in [-0.2, -0.15) is 0 Å². The van der Waals surface area contributed by atoms with Gasteiger partial charge < -0.3 is 5.11 Å². The molecule has 0 radical (unpaired) electrons. The van der Waals surface area contributed by atoms with Crippen molar-refractivity contribution < 1.29 is 9.90 Å². The van der Waals surface area contributed by atoms with E-state index < -0.39 is 11.5 Å². The largest absolute Gasteiger partial charge is 0.479 e. The summed E-state index contributed by atoms with van der Waals surface area (Å²) in [6.07, 6.45) is 4.18. The molecule has 0 aromatic carbocycles. The third kappa shape index (κ3) is 1.49. The molecule has 15 heavy (non-hydrogen) atoms. The molecule has 6 nitrogen and oxygen atoms in total. The van der Waals surface area contributed by atoms with E-state index in [0.29, 0.717) is 18.7 Å². The van der Waals surface area contributed by atoms with Gasteiger partial charge in [-0.15, -0.1) is 5.10 Å². The summed E-state index contributed by atoms with van der Waals surface area (Å²) in [6, 6.07) is 0. The first-order valence-corrected chi connectivity index (χ1v) is 5.16. The van der Waals surface area contributed by atoms with E-state index in [4.69, 9.17) is 0 Å². The highest BCUT2D eigenvalue weighted by Gasteiger charge is 2.43. The SMILES string of the molecule is Cc1nnnn1C1(C(=O)O)CCCCC1. The maximum atomic E-state index is 11.4. The molecule has 1 aliphatic carbocycles. The fourth-order valence-corrected chi connectivity index (χ4v) is 2.28. The Morgan fingerprint density at radius 1 is 1.40 bits per heavy atom. The van der Waals surface area contributed by atoms with Gasteiger partial charge in [0.1, 0.15) is 5.82 Å². The fourth-order valence-electron chi connectivity index (χ4n) is 2.28. The van der Waals surface area contributed by atoms with Crippen LogP contribution in [-0.4, -0.2) is 31.3 Å². The van der Waals surface area contributed by atoms with Gasteiger partial charge in [-0.25, -0.2) is 9.48 Å². The maximum Gasteiger partial charge on any atom is 0.331 e. The third-order valence-electron chi connectivity index (χ3n) is 3.11. The van der Waals surface area contributed by atoms with Crippen molar-refractivity contribution in [2.24, 2.45) is 0 Å². The predicted molar refractivity (Wildman–Crippen MR) is 51.2 cm³/mol. The molecule has 1 N–H and O–H groups in total. The van der Waals surface area contributed by atoms with E-state index in [1.54, 1.807) is 6.92 Å². The van der Waals surface area contributed by atoms with E-state index in [1.807, 2.05) is 0 Å². The topological polar surface area (TPSA) is 80.9 Å². The second-order valence-corrected chi connectivity index (χ2v) is 4.04. The predicted octanol–water partition coefficient (Wildman–Crippen LogP) is 0.726. The first-order chi connectivity index (χ1) is 7.17. The van der Waals surface area contributed by atoms with Crippen LogP contribution < -0.4 is 0 Å². The summed E-state index contributed by atoms with van der Waals surface area (Å²) in [5.41, 5.74) is -0.911. The molecule has 0 bridgehead atoms. The van der Waals surface area contributed by atoms with Crippen LogP contribution in [0.2, 0.25) is 0 Å². The number of hydrogen-bond acceptors (Lipinski definition) is 4. The van der Waals surface area contributed by atoms with Gasteiger partial charge in [-0.05, 0) is 30.2 Å². The van der Waals surface area contributed by atoms with Crippen LogP contribution in [0.3, 0.4) is 0 Å². The average molecular weight is 210 g/mol. The Morgan fingerprint density at radius 3 is 2.53 bits per heavy atom. The first-order valence-electron chi connectivity index (χ1n) is 5.16. The molecule has 1 aromatic heterocycles. The van der Waals surface area contributed by atoms with Gasteiger partial charge in [-0.1, -0.05) is 19.3 Å². The van der Waals surface area contributed by atoms with Crippen LogP contribution in [0.4, 0.5) is 0 Å². The Labute approximate surface area is 87.3 Å². The number of hydrogen-bond donors (Lipinski definition) is 1. The van der Waals surface area contributed by atoms with Crippen LogP contribution in [0.1, 0.15) is 37.9 Å². The minimum Gasteiger partial charge on any atom is -0.479 e. The molecule has 0 atom stereocenters. The van der Waals surface area contributed by atoms with Crippen molar-refractivity contribution in [2.75, 3.05) is 0 Å². The van der Waals surface area contributed by atoms with Gasteiger partial charge in [0.25, 0.3) is 0 Å². The molecule has 82 valence electrons. The Hall–Kier alpha value is -1.46. The van der Waals surface area contributed by atoms with E-state index in [1.165, 1.54) is 4.68 Å². The standard InChI is InChI=1S/C9H14N4O2/c1-7-10-11-12-13(7)9(8(14)15)5-3-2-4-6-9/h2-6H2,1H3,(H,14,15). The third-order valence-corrected chi connectivity index (χ3v) is 3.11. The zero-order valence-electron chi connectivity index (χ0n) is 8.68. The zero-order chi connectivity index (χ0) is 10.9. The van der Waals surface area contributed by atoms with Gasteiger partial charge in [0.05, 0.1) is 0 Å². The molecule has 0 aliphatic heterocycles. The molecular formula is C9H14N4O2. The molecule has 1 aromatic rings. The Balaban J connectivity index is 2.42. The van der Waals surface area contributed by atoms with Crippen LogP contribution in [0.5, 0.6) is 0 Å². The lowest BCUT2D eigenvalue weighted by Crippen LogP contribution is -2.45. The second kappa shape index (κ2) is 3.60. The van der Waals surface area contributed by atoms with Gasteiger partial charge in [0, 0.05) is 0 Å². The number of carboxylic acid groups (broad SMARTS) is 1. The van der Waals surface area contributed by atoms with E-state index in [-0.39, 0.29) is 0 Å². The number of aromatic nitrogens is 4. The van der Waals surface area contributed by atoms with E-state index in [2.05, 4.69) is 15.5 Å². The van der Waals surface area contributed by atoms with Crippen molar-refractivity contribution in [2.45, 2.75) is 44.6 Å². The lowest BCUT2D eigenvalue weighted by atomic mass is 9.82. The second-order valence-electron chi connectivity index (χ2n) is 4.04. The lowest BCUT2D eigenvalue weighted by Gasteiger charge is -2.33. The minimum atomic E-state index is -0.911. The van der Waals surface area contributed by atoms with Crippen LogP contribution in [0.25, 0.3) is 0 Å². The number of carboxylic acids is 1. The highest BCUT2D eigenvalue weighted by Crippen LogP contribution is 2.34. The lowest BCUT2D eigenvalue weighted by molar-refractivity contribution is -0.150. The molecular weight excluding hydrogens is 196 g/mol. The van der Waals surface area contributed by atoms with Crippen molar-refractivity contribution in [3.8, 4) is 0 Å². The summed E-state index contributed by atoms with van der Waals surface area (Å²) >= 11 is 0. The molecule has 1 fully saturated rings. The number of nitrogens with zero attached hydrogens (tertiary/aromatic N) is 4. The van der Waals surface area contributed by atoms with Crippen molar-refractivity contribution >= 4 is 5.97 Å². The summed E-state index contributed by atoms with van der Waals surface area (Å²) in [4.78, 5) is 11.4. The highest BCUT2D eigenvalue weighted by molar-refractivity contribution is 5.76.